The van der Waals surface area contributed by atoms with Crippen LogP contribution in [0.5, 0.6) is 11.5 Å². The Balaban J connectivity index is 1.05. The second-order valence-electron chi connectivity index (χ2n) is 20.8. The number of fused-ring (bicyclic) bond motifs is 2. The monoisotopic (exact) mass is 1010 g/mol. The number of nitriles is 1. The molecule has 0 bridgehead atoms. The van der Waals surface area contributed by atoms with E-state index in [1.807, 2.05) is 60.2 Å². The molecule has 0 aliphatic carbocycles. The number of halogens is 1. The summed E-state index contributed by atoms with van der Waals surface area (Å²) >= 11 is 0. The largest absolute Gasteiger partial charge is 0.508 e. The number of carbonyl (C=O) groups is 3. The fourth-order valence-corrected chi connectivity index (χ4v) is 11.6. The van der Waals surface area contributed by atoms with Gasteiger partial charge in [-0.3, -0.25) is 24.2 Å². The van der Waals surface area contributed by atoms with Crippen LogP contribution in [0.25, 0.3) is 22.4 Å². The molecule has 390 valence electrons. The van der Waals surface area contributed by atoms with Gasteiger partial charge in [0.2, 0.25) is 5.91 Å². The Bertz CT molecular complexity index is 3180. The van der Waals surface area contributed by atoms with Crippen LogP contribution in [0, 0.1) is 31.0 Å². The van der Waals surface area contributed by atoms with Crippen molar-refractivity contribution in [1.82, 2.24) is 28.7 Å². The van der Waals surface area contributed by atoms with Gasteiger partial charge in [-0.1, -0.05) is 36.8 Å². The van der Waals surface area contributed by atoms with E-state index in [0.29, 0.717) is 115 Å². The average Bonchev–Trinajstić information content (AvgIpc) is 3.86. The number of aromatic hydroxyl groups is 1. The molecule has 2 fully saturated rings. The highest BCUT2D eigenvalue weighted by molar-refractivity contribution is 6.14. The molecule has 75 heavy (non-hydrogen) atoms. The van der Waals surface area contributed by atoms with E-state index >= 15 is 9.18 Å². The van der Waals surface area contributed by atoms with Crippen LogP contribution in [-0.2, 0) is 56.0 Å². The Morgan fingerprint density at radius 2 is 1.63 bits per heavy atom. The molecule has 2 N–H and O–H groups in total. The third-order valence-electron chi connectivity index (χ3n) is 16.3. The molecular weight excluding hydrogens is 948 g/mol. The first-order valence-corrected chi connectivity index (χ1v) is 26.4. The van der Waals surface area contributed by atoms with Gasteiger partial charge < -0.3 is 38.8 Å². The van der Waals surface area contributed by atoms with E-state index in [-0.39, 0.29) is 48.0 Å². The van der Waals surface area contributed by atoms with Crippen LogP contribution in [0.1, 0.15) is 91.8 Å². The van der Waals surface area contributed by atoms with E-state index in [1.54, 1.807) is 29.2 Å². The molecule has 4 aliphatic rings. The highest BCUT2D eigenvalue weighted by Crippen LogP contribution is 2.44. The van der Waals surface area contributed by atoms with Crippen molar-refractivity contribution in [1.29, 1.82) is 5.26 Å². The molecule has 2 saturated heterocycles. The molecule has 6 heterocycles. The van der Waals surface area contributed by atoms with Crippen LogP contribution in [0.2, 0.25) is 0 Å². The molecule has 0 saturated carbocycles. The molecule has 0 radical (unpaired) electrons. The number of phenolic OH excluding ortho intramolecular Hbond substituents is 1. The second-order valence-corrected chi connectivity index (χ2v) is 20.8. The SMILES string of the molecule is Cc1c(-c2c(C(=O)Nc3ccc(O)cc3)c(C)n(C)c2-c2cc3c(cc2C(=O)N2Cc4ccccc4C[C@H]2CN2CCCC[C@H]2C)CN(C(=O)Cc2ccc(OCCN4CCOCC4)cc2F)CC3)cc(C#N)n1C. The van der Waals surface area contributed by atoms with Crippen molar-refractivity contribution in [3.63, 3.8) is 0 Å². The smallest absolute Gasteiger partial charge is 0.258 e. The molecule has 4 aliphatic heterocycles. The fourth-order valence-electron chi connectivity index (χ4n) is 11.6. The maximum absolute atomic E-state index is 16.1. The van der Waals surface area contributed by atoms with E-state index in [9.17, 15) is 20.0 Å². The lowest BCUT2D eigenvalue weighted by Gasteiger charge is -2.43. The molecule has 2 atom stereocenters. The fraction of sp³-hybridized carbons (Fsp3) is 0.400. The lowest BCUT2D eigenvalue weighted by molar-refractivity contribution is -0.131. The predicted molar refractivity (Wildman–Crippen MR) is 286 cm³/mol. The van der Waals surface area contributed by atoms with Gasteiger partial charge in [0.1, 0.15) is 35.7 Å². The minimum Gasteiger partial charge on any atom is -0.508 e. The molecule has 10 rings (SSSR count). The van der Waals surface area contributed by atoms with Crippen molar-refractivity contribution in [2.75, 3.05) is 64.4 Å². The summed E-state index contributed by atoms with van der Waals surface area (Å²) < 4.78 is 30.8. The Kier molecular flexibility index (Phi) is 15.0. The summed E-state index contributed by atoms with van der Waals surface area (Å²) in [5, 5.41) is 23.4. The van der Waals surface area contributed by atoms with E-state index < -0.39 is 5.82 Å². The molecule has 4 aromatic carbocycles. The van der Waals surface area contributed by atoms with Crippen molar-refractivity contribution < 1.29 is 33.4 Å². The van der Waals surface area contributed by atoms with E-state index in [0.717, 1.165) is 61.4 Å². The number of phenols is 1. The zero-order valence-corrected chi connectivity index (χ0v) is 43.8. The van der Waals surface area contributed by atoms with Crippen LogP contribution < -0.4 is 10.1 Å². The summed E-state index contributed by atoms with van der Waals surface area (Å²) in [6.07, 6.45) is 4.44. The van der Waals surface area contributed by atoms with Crippen molar-refractivity contribution in [3.05, 3.63) is 147 Å². The normalized spacial score (nSPS) is 18.0. The van der Waals surface area contributed by atoms with Gasteiger partial charge in [-0.05, 0) is 129 Å². The van der Waals surface area contributed by atoms with Crippen molar-refractivity contribution >= 4 is 23.4 Å². The number of piperidine rings is 1. The molecule has 3 amide bonds. The predicted octanol–water partition coefficient (Wildman–Crippen LogP) is 8.56. The number of anilines is 1. The molecular formula is C60H67FN8O6. The molecule has 0 spiro atoms. The van der Waals surface area contributed by atoms with Crippen LogP contribution in [0.3, 0.4) is 0 Å². The van der Waals surface area contributed by atoms with E-state index in [2.05, 4.69) is 52.4 Å². The summed E-state index contributed by atoms with van der Waals surface area (Å²) in [6.45, 7) is 13.0. The van der Waals surface area contributed by atoms with Gasteiger partial charge in [-0.2, -0.15) is 5.26 Å². The lowest BCUT2D eigenvalue weighted by Crippen LogP contribution is -2.52. The number of rotatable bonds is 13. The topological polar surface area (TPSA) is 149 Å². The second kappa shape index (κ2) is 21.9. The minimum absolute atomic E-state index is 0.0677. The maximum Gasteiger partial charge on any atom is 0.258 e. The molecule has 2 aromatic heterocycles. The number of aromatic nitrogens is 2. The number of amides is 3. The zero-order chi connectivity index (χ0) is 52.5. The third-order valence-corrected chi connectivity index (χ3v) is 16.3. The third kappa shape index (κ3) is 10.6. The zero-order valence-electron chi connectivity index (χ0n) is 43.8. The van der Waals surface area contributed by atoms with E-state index in [1.165, 1.54) is 30.2 Å². The average molecular weight is 1020 g/mol. The van der Waals surface area contributed by atoms with Gasteiger partial charge >= 0.3 is 0 Å². The van der Waals surface area contributed by atoms with Crippen molar-refractivity contribution in [3.8, 4) is 40.0 Å². The summed E-state index contributed by atoms with van der Waals surface area (Å²) in [4.78, 5) is 53.7. The van der Waals surface area contributed by atoms with Crippen molar-refractivity contribution in [2.45, 2.75) is 84.5 Å². The Labute approximate surface area is 438 Å². The van der Waals surface area contributed by atoms with Crippen LogP contribution >= 0.6 is 0 Å². The summed E-state index contributed by atoms with van der Waals surface area (Å²) in [7, 11) is 3.73. The highest BCUT2D eigenvalue weighted by atomic mass is 19.1. The highest BCUT2D eigenvalue weighted by Gasteiger charge is 2.37. The Morgan fingerprint density at radius 1 is 0.853 bits per heavy atom. The number of ether oxygens (including phenoxy) is 2. The van der Waals surface area contributed by atoms with Gasteiger partial charge in [0.15, 0.2) is 0 Å². The number of benzene rings is 4. The Morgan fingerprint density at radius 3 is 2.36 bits per heavy atom. The number of likely N-dealkylation sites (tertiary alicyclic amines) is 1. The molecule has 0 unspecified atom stereocenters. The van der Waals surface area contributed by atoms with E-state index in [4.69, 9.17) is 9.47 Å². The van der Waals surface area contributed by atoms with Gasteiger partial charge in [-0.25, -0.2) is 4.39 Å². The van der Waals surface area contributed by atoms with Gasteiger partial charge in [0, 0.05) is 117 Å². The van der Waals surface area contributed by atoms with Crippen molar-refractivity contribution in [2.24, 2.45) is 14.1 Å². The van der Waals surface area contributed by atoms with Crippen LogP contribution in [0.4, 0.5) is 10.1 Å². The number of morpholine rings is 1. The number of hydrogen-bond acceptors (Lipinski definition) is 9. The number of nitrogens with one attached hydrogen (secondary N) is 1. The summed E-state index contributed by atoms with van der Waals surface area (Å²) in [6, 6.07) is 27.8. The lowest BCUT2D eigenvalue weighted by atomic mass is 9.87. The maximum atomic E-state index is 16.1. The first kappa shape index (κ1) is 51.2. The number of nitrogens with zero attached hydrogens (tertiary/aromatic N) is 7. The molecule has 6 aromatic rings. The Hall–Kier alpha value is -7.25. The first-order chi connectivity index (χ1) is 36.3. The molecule has 14 nitrogen and oxygen atoms in total. The van der Waals surface area contributed by atoms with Gasteiger partial charge in [0.05, 0.1) is 30.9 Å². The standard InChI is InChI=1S/C60H67FN8O6/c1-38-10-8-9-20-67(38)37-48-28-41-11-6-7-12-44(41)36-69(48)60(73)53-30-45-35-68(55(71)31-43-13-18-50(33-54(43)61)75-27-24-66-22-25-74-26-23-66)21-19-42(45)29-52(53)58-57(51-32-47(34-62)64(4)39(51)2)56(40(3)65(58)5)59(72)63-46-14-16-49(70)17-15-46/h6-7,11-18,29-30,32-33,38,48,70H,8-10,19-28,31,35-37H2,1-5H3,(H,63,72)/t38-,48+/m1/s1. The van der Waals surface area contributed by atoms with Crippen LogP contribution in [-0.4, -0.2) is 123 Å². The van der Waals surface area contributed by atoms with Gasteiger partial charge in [-0.15, -0.1) is 0 Å². The number of hydrogen-bond donors (Lipinski definition) is 2. The first-order valence-electron chi connectivity index (χ1n) is 26.4. The molecule has 15 heteroatoms. The quantitative estimate of drug-likeness (QED) is 0.109. The minimum atomic E-state index is -0.501. The summed E-state index contributed by atoms with van der Waals surface area (Å²) in [5.74, 6) is -0.786. The summed E-state index contributed by atoms with van der Waals surface area (Å²) in [5.41, 5.74) is 10.1. The van der Waals surface area contributed by atoms with Gasteiger partial charge in [0.25, 0.3) is 11.8 Å². The van der Waals surface area contributed by atoms with Crippen LogP contribution in [0.15, 0.2) is 84.9 Å². The number of carbonyl (C=O) groups excluding carboxylic acids is 3.